The number of benzene rings is 2. The van der Waals surface area contributed by atoms with Crippen molar-refractivity contribution in [2.45, 2.75) is 13.3 Å². The Kier molecular flexibility index (Phi) is 8.99. The molecule has 0 radical (unpaired) electrons. The molecule has 32 heavy (non-hydrogen) atoms. The molecule has 0 spiro atoms. The summed E-state index contributed by atoms with van der Waals surface area (Å²) in [4.78, 5) is 24.1. The molecule has 0 bridgehead atoms. The van der Waals surface area contributed by atoms with E-state index in [1.54, 1.807) is 31.2 Å². The Morgan fingerprint density at radius 1 is 1.28 bits per heavy atom. The maximum absolute atomic E-state index is 13.8. The van der Waals surface area contributed by atoms with Gasteiger partial charge in [0.25, 0.3) is 5.91 Å². The highest BCUT2D eigenvalue weighted by Crippen LogP contribution is 2.34. The van der Waals surface area contributed by atoms with Crippen LogP contribution in [0.2, 0.25) is 0 Å². The fraction of sp³-hybridized carbons (Fsp3) is 0.208. The predicted octanol–water partition coefficient (Wildman–Crippen LogP) is 4.05. The molecule has 0 atom stereocenters. The number of rotatable bonds is 10. The van der Waals surface area contributed by atoms with Crippen LogP contribution in [0.5, 0.6) is 11.5 Å². The van der Waals surface area contributed by atoms with Crippen LogP contribution in [0.3, 0.4) is 0 Å². The summed E-state index contributed by atoms with van der Waals surface area (Å²) in [6.45, 7) is 5.33. The van der Waals surface area contributed by atoms with Crippen molar-refractivity contribution in [2.75, 3.05) is 25.6 Å². The van der Waals surface area contributed by atoms with E-state index in [2.05, 4.69) is 11.9 Å². The Balaban J connectivity index is 2.37. The van der Waals surface area contributed by atoms with Gasteiger partial charge in [-0.05, 0) is 49.2 Å². The van der Waals surface area contributed by atoms with Gasteiger partial charge in [0.05, 0.1) is 19.4 Å². The lowest BCUT2D eigenvalue weighted by Crippen LogP contribution is -2.16. The van der Waals surface area contributed by atoms with Gasteiger partial charge >= 0.3 is 5.97 Å². The van der Waals surface area contributed by atoms with E-state index in [1.807, 2.05) is 6.07 Å². The Labute approximate surface area is 185 Å². The molecular formula is C24H23FN2O5. The zero-order chi connectivity index (χ0) is 23.5. The maximum Gasteiger partial charge on any atom is 0.344 e. The number of esters is 1. The zero-order valence-electron chi connectivity index (χ0n) is 17.8. The number of methoxy groups -OCH3 is 1. The van der Waals surface area contributed by atoms with Gasteiger partial charge in [0.1, 0.15) is 17.5 Å². The summed E-state index contributed by atoms with van der Waals surface area (Å²) in [6, 6.07) is 10.7. The minimum absolute atomic E-state index is 0.0358. The van der Waals surface area contributed by atoms with Gasteiger partial charge in [0, 0.05) is 5.56 Å². The van der Waals surface area contributed by atoms with Gasteiger partial charge in [-0.2, -0.15) is 5.26 Å². The molecule has 0 aromatic heterocycles. The van der Waals surface area contributed by atoms with Crippen molar-refractivity contribution in [3.8, 4) is 17.6 Å². The van der Waals surface area contributed by atoms with E-state index in [0.717, 1.165) is 0 Å². The van der Waals surface area contributed by atoms with E-state index in [-0.39, 0.29) is 24.5 Å². The van der Waals surface area contributed by atoms with E-state index in [1.165, 1.54) is 31.4 Å². The zero-order valence-corrected chi connectivity index (χ0v) is 17.8. The largest absolute Gasteiger partial charge is 0.493 e. The lowest BCUT2D eigenvalue weighted by Gasteiger charge is -2.15. The highest BCUT2D eigenvalue weighted by atomic mass is 19.1. The minimum Gasteiger partial charge on any atom is -0.493 e. The molecule has 8 heteroatoms. The van der Waals surface area contributed by atoms with E-state index in [9.17, 15) is 19.2 Å². The van der Waals surface area contributed by atoms with Crippen molar-refractivity contribution in [1.29, 1.82) is 5.26 Å². The number of nitrogens with one attached hydrogen (secondary N) is 1. The molecule has 0 aliphatic rings. The molecule has 2 aromatic rings. The normalized spacial score (nSPS) is 10.6. The number of hydrogen-bond acceptors (Lipinski definition) is 6. The van der Waals surface area contributed by atoms with Crippen LogP contribution in [0, 0.1) is 17.1 Å². The molecule has 0 aliphatic carbocycles. The predicted molar refractivity (Wildman–Crippen MR) is 118 cm³/mol. The number of carbonyl (C=O) groups is 2. The van der Waals surface area contributed by atoms with Crippen molar-refractivity contribution >= 4 is 23.6 Å². The second-order valence-corrected chi connectivity index (χ2v) is 6.40. The maximum atomic E-state index is 13.8. The van der Waals surface area contributed by atoms with Crippen molar-refractivity contribution in [1.82, 2.24) is 0 Å². The van der Waals surface area contributed by atoms with Crippen LogP contribution >= 0.6 is 0 Å². The quantitative estimate of drug-likeness (QED) is 0.260. The summed E-state index contributed by atoms with van der Waals surface area (Å²) >= 11 is 0. The number of ether oxygens (including phenoxy) is 3. The number of nitriles is 1. The molecule has 1 amide bonds. The molecule has 166 valence electrons. The lowest BCUT2D eigenvalue weighted by molar-refractivity contribution is -0.145. The number of para-hydroxylation sites is 1. The van der Waals surface area contributed by atoms with Gasteiger partial charge in [-0.1, -0.05) is 18.2 Å². The summed E-state index contributed by atoms with van der Waals surface area (Å²) in [5.41, 5.74) is 0.829. The molecule has 2 rings (SSSR count). The molecule has 1 N–H and O–H groups in total. The van der Waals surface area contributed by atoms with Crippen molar-refractivity contribution < 1.29 is 28.2 Å². The third kappa shape index (κ3) is 6.44. The van der Waals surface area contributed by atoms with Crippen molar-refractivity contribution in [2.24, 2.45) is 0 Å². The summed E-state index contributed by atoms with van der Waals surface area (Å²) in [5, 5.41) is 11.8. The third-order valence-corrected chi connectivity index (χ3v) is 4.18. The average Bonchev–Trinajstić information content (AvgIpc) is 2.78. The molecule has 0 saturated carbocycles. The van der Waals surface area contributed by atoms with E-state index in [0.29, 0.717) is 29.0 Å². The lowest BCUT2D eigenvalue weighted by atomic mass is 10.0. The molecule has 2 aromatic carbocycles. The number of halogens is 1. The highest BCUT2D eigenvalue weighted by Gasteiger charge is 2.16. The van der Waals surface area contributed by atoms with Crippen molar-refractivity contribution in [3.63, 3.8) is 0 Å². The van der Waals surface area contributed by atoms with E-state index >= 15 is 0 Å². The first kappa shape index (κ1) is 24.2. The molecule has 0 saturated heterocycles. The highest BCUT2D eigenvalue weighted by molar-refractivity contribution is 6.09. The summed E-state index contributed by atoms with van der Waals surface area (Å²) < 4.78 is 29.7. The number of anilines is 1. The Morgan fingerprint density at radius 3 is 2.66 bits per heavy atom. The number of nitrogens with zero attached hydrogens (tertiary/aromatic N) is 1. The third-order valence-electron chi connectivity index (χ3n) is 4.18. The smallest absolute Gasteiger partial charge is 0.344 e. The van der Waals surface area contributed by atoms with E-state index in [4.69, 9.17) is 14.2 Å². The fourth-order valence-electron chi connectivity index (χ4n) is 2.79. The molecular weight excluding hydrogens is 415 g/mol. The monoisotopic (exact) mass is 438 g/mol. The standard InChI is InChI=1S/C24H23FN2O5/c1-4-8-17-11-16(13-21(30-3)23(17)32-15-22(28)31-5-2)12-18(14-26)24(29)27-20-10-7-6-9-19(20)25/h4,6-7,9-13H,1,5,8,15H2,2-3H3,(H,27,29)/b18-12-. The Hall–Kier alpha value is -4.12. The van der Waals surface area contributed by atoms with Gasteiger partial charge in [-0.3, -0.25) is 4.79 Å². The van der Waals surface area contributed by atoms with Crippen LogP contribution in [0.25, 0.3) is 6.08 Å². The van der Waals surface area contributed by atoms with Crippen LogP contribution in [0.15, 0.2) is 54.6 Å². The Bertz CT molecular complexity index is 1070. The van der Waals surface area contributed by atoms with Gasteiger partial charge in [0.2, 0.25) is 0 Å². The second kappa shape index (κ2) is 11.9. The van der Waals surface area contributed by atoms with Crippen LogP contribution in [0.1, 0.15) is 18.1 Å². The van der Waals surface area contributed by atoms with Gasteiger partial charge < -0.3 is 19.5 Å². The summed E-state index contributed by atoms with van der Waals surface area (Å²) in [7, 11) is 1.42. The number of hydrogen-bond donors (Lipinski definition) is 1. The topological polar surface area (TPSA) is 97.7 Å². The number of allylic oxidation sites excluding steroid dienone is 1. The number of carbonyl (C=O) groups excluding carboxylic acids is 2. The van der Waals surface area contributed by atoms with Gasteiger partial charge in [-0.15, -0.1) is 6.58 Å². The first-order valence-electron chi connectivity index (χ1n) is 9.71. The van der Waals surface area contributed by atoms with Gasteiger partial charge in [0.15, 0.2) is 18.1 Å². The molecule has 0 heterocycles. The molecule has 0 aliphatic heterocycles. The first-order chi connectivity index (χ1) is 15.4. The first-order valence-corrected chi connectivity index (χ1v) is 9.71. The Morgan fingerprint density at radius 2 is 2.03 bits per heavy atom. The van der Waals surface area contributed by atoms with Crippen LogP contribution in [-0.2, 0) is 20.7 Å². The van der Waals surface area contributed by atoms with Crippen LogP contribution in [0.4, 0.5) is 10.1 Å². The summed E-state index contributed by atoms with van der Waals surface area (Å²) in [6.07, 6.45) is 3.36. The average molecular weight is 438 g/mol. The summed E-state index contributed by atoms with van der Waals surface area (Å²) in [5.74, 6) is -1.28. The molecule has 0 fully saturated rings. The minimum atomic E-state index is -0.760. The van der Waals surface area contributed by atoms with Crippen LogP contribution in [-0.4, -0.2) is 32.2 Å². The fourth-order valence-corrected chi connectivity index (χ4v) is 2.79. The van der Waals surface area contributed by atoms with Crippen molar-refractivity contribution in [3.05, 3.63) is 71.6 Å². The van der Waals surface area contributed by atoms with Gasteiger partial charge in [-0.25, -0.2) is 9.18 Å². The van der Waals surface area contributed by atoms with Crippen LogP contribution < -0.4 is 14.8 Å². The SMILES string of the molecule is C=CCc1cc(/C=C(/C#N)C(=O)Nc2ccccc2F)cc(OC)c1OCC(=O)OCC. The molecule has 0 unspecified atom stereocenters. The molecule has 7 nitrogen and oxygen atoms in total. The van der Waals surface area contributed by atoms with E-state index < -0.39 is 17.7 Å². The second-order valence-electron chi connectivity index (χ2n) is 6.40. The number of amides is 1.